The molecule has 1 aliphatic heterocycles. The molecule has 5 rings (SSSR count). The summed E-state index contributed by atoms with van der Waals surface area (Å²) in [7, 11) is 0. The lowest BCUT2D eigenvalue weighted by Crippen LogP contribution is -2.34. The van der Waals surface area contributed by atoms with Gasteiger partial charge >= 0.3 is 12.2 Å². The fourth-order valence-corrected chi connectivity index (χ4v) is 4.52. The molecule has 2 heterocycles. The van der Waals surface area contributed by atoms with E-state index in [1.165, 1.54) is 17.7 Å². The zero-order chi connectivity index (χ0) is 24.6. The van der Waals surface area contributed by atoms with Crippen LogP contribution in [0, 0.1) is 0 Å². The van der Waals surface area contributed by atoms with Crippen LogP contribution in [-0.2, 0) is 12.6 Å². The van der Waals surface area contributed by atoms with E-state index in [1.54, 1.807) is 29.2 Å². The average Bonchev–Trinajstić information content (AvgIpc) is 3.50. The number of oxazole rings is 1. The van der Waals surface area contributed by atoms with Gasteiger partial charge in [0, 0.05) is 12.2 Å². The molecule has 8 heteroatoms. The van der Waals surface area contributed by atoms with Crippen molar-refractivity contribution in [2.75, 3.05) is 11.9 Å². The number of halogens is 3. The summed E-state index contributed by atoms with van der Waals surface area (Å²) < 4.78 is 46.4. The normalized spacial score (nSPS) is 16.1. The predicted molar refractivity (Wildman–Crippen MR) is 128 cm³/mol. The number of benzene rings is 3. The Bertz CT molecular complexity index is 1360. The smallest absolute Gasteiger partial charge is 0.417 e. The number of urea groups is 1. The van der Waals surface area contributed by atoms with E-state index in [9.17, 15) is 18.0 Å². The Balaban J connectivity index is 1.40. The molecule has 0 bridgehead atoms. The van der Waals surface area contributed by atoms with Gasteiger partial charge < -0.3 is 14.6 Å². The van der Waals surface area contributed by atoms with Crippen molar-refractivity contribution in [2.24, 2.45) is 0 Å². The van der Waals surface area contributed by atoms with E-state index < -0.39 is 11.7 Å². The summed E-state index contributed by atoms with van der Waals surface area (Å²) in [6.07, 6.45) is -2.05. The molecule has 0 unspecified atom stereocenters. The Morgan fingerprint density at radius 1 is 1.11 bits per heavy atom. The van der Waals surface area contributed by atoms with Crippen LogP contribution < -0.4 is 5.32 Å². The molecule has 1 N–H and O–H groups in total. The highest BCUT2D eigenvalue weighted by Gasteiger charge is 2.35. The van der Waals surface area contributed by atoms with E-state index in [0.717, 1.165) is 18.9 Å². The molecule has 1 aliphatic rings. The molecule has 3 aromatic carbocycles. The van der Waals surface area contributed by atoms with Crippen LogP contribution in [0.2, 0.25) is 0 Å². The second-order valence-corrected chi connectivity index (χ2v) is 8.61. The fourth-order valence-electron chi connectivity index (χ4n) is 4.52. The first-order valence-corrected chi connectivity index (χ1v) is 11.6. The maximum absolute atomic E-state index is 13.5. The summed E-state index contributed by atoms with van der Waals surface area (Å²) in [5.41, 5.74) is 2.61. The Kier molecular flexibility index (Phi) is 5.96. The summed E-state index contributed by atoms with van der Waals surface area (Å²) in [6.45, 7) is 2.63. The minimum atomic E-state index is -4.46. The quantitative estimate of drug-likeness (QED) is 0.331. The van der Waals surface area contributed by atoms with Gasteiger partial charge in [0.2, 0.25) is 5.89 Å². The number of likely N-dealkylation sites (tertiary alicyclic amines) is 1. The first-order chi connectivity index (χ1) is 16.8. The number of nitrogens with one attached hydrogen (secondary N) is 1. The van der Waals surface area contributed by atoms with Crippen LogP contribution in [0.3, 0.4) is 0 Å². The van der Waals surface area contributed by atoms with Crippen molar-refractivity contribution < 1.29 is 22.4 Å². The van der Waals surface area contributed by atoms with E-state index in [0.29, 0.717) is 41.2 Å². The fraction of sp³-hybridized carbons (Fsp3) is 0.259. The lowest BCUT2D eigenvalue weighted by atomic mass is 9.99. The number of amides is 2. The first-order valence-electron chi connectivity index (χ1n) is 11.6. The molecule has 35 heavy (non-hydrogen) atoms. The molecule has 1 fully saturated rings. The molecule has 0 spiro atoms. The minimum absolute atomic E-state index is 0.0856. The Labute approximate surface area is 200 Å². The highest BCUT2D eigenvalue weighted by Crippen LogP contribution is 2.39. The zero-order valence-corrected chi connectivity index (χ0v) is 19.1. The van der Waals surface area contributed by atoms with Crippen LogP contribution in [-0.4, -0.2) is 22.5 Å². The van der Waals surface area contributed by atoms with Crippen molar-refractivity contribution >= 4 is 22.8 Å². The summed E-state index contributed by atoms with van der Waals surface area (Å²) >= 11 is 0. The molecule has 2 amide bonds. The third-order valence-corrected chi connectivity index (χ3v) is 6.36. The van der Waals surface area contributed by atoms with Crippen molar-refractivity contribution in [2.45, 2.75) is 38.4 Å². The van der Waals surface area contributed by atoms with Gasteiger partial charge in [-0.15, -0.1) is 0 Å². The number of rotatable bonds is 4. The number of carbonyl (C=O) groups is 1. The van der Waals surface area contributed by atoms with Gasteiger partial charge in [-0.1, -0.05) is 43.3 Å². The topological polar surface area (TPSA) is 58.4 Å². The van der Waals surface area contributed by atoms with E-state index in [4.69, 9.17) is 4.42 Å². The van der Waals surface area contributed by atoms with E-state index in [1.807, 2.05) is 24.3 Å². The molecule has 1 atom stereocenters. The molecular formula is C27H24F3N3O2. The van der Waals surface area contributed by atoms with E-state index in [-0.39, 0.29) is 17.6 Å². The molecule has 0 radical (unpaired) electrons. The largest absolute Gasteiger partial charge is 0.438 e. The zero-order valence-electron chi connectivity index (χ0n) is 19.1. The van der Waals surface area contributed by atoms with Gasteiger partial charge in [-0.3, -0.25) is 0 Å². The maximum Gasteiger partial charge on any atom is 0.417 e. The Morgan fingerprint density at radius 3 is 2.63 bits per heavy atom. The molecule has 1 aromatic heterocycles. The van der Waals surface area contributed by atoms with Crippen molar-refractivity contribution in [3.63, 3.8) is 0 Å². The molecule has 0 saturated carbocycles. The third-order valence-electron chi connectivity index (χ3n) is 6.36. The van der Waals surface area contributed by atoms with Gasteiger partial charge in [-0.25, -0.2) is 9.78 Å². The van der Waals surface area contributed by atoms with Crippen molar-refractivity contribution in [3.8, 4) is 11.1 Å². The molecule has 180 valence electrons. The number of fused-ring (bicyclic) bond motifs is 1. The van der Waals surface area contributed by atoms with Crippen LogP contribution >= 0.6 is 0 Å². The Morgan fingerprint density at radius 2 is 1.89 bits per heavy atom. The van der Waals surface area contributed by atoms with Crippen LogP contribution in [0.4, 0.5) is 23.7 Å². The summed E-state index contributed by atoms with van der Waals surface area (Å²) in [5, 5.41) is 2.93. The highest BCUT2D eigenvalue weighted by molar-refractivity contribution is 5.90. The number of anilines is 1. The van der Waals surface area contributed by atoms with Crippen molar-refractivity contribution in [3.05, 3.63) is 83.7 Å². The summed E-state index contributed by atoms with van der Waals surface area (Å²) in [4.78, 5) is 19.2. The van der Waals surface area contributed by atoms with E-state index >= 15 is 0 Å². The first kappa shape index (κ1) is 23.0. The molecule has 0 aliphatic carbocycles. The lowest BCUT2D eigenvalue weighted by molar-refractivity contribution is -0.137. The van der Waals surface area contributed by atoms with Gasteiger partial charge in [0.25, 0.3) is 0 Å². The van der Waals surface area contributed by atoms with Crippen molar-refractivity contribution in [1.82, 2.24) is 9.88 Å². The molecule has 1 saturated heterocycles. The lowest BCUT2D eigenvalue weighted by Gasteiger charge is -2.22. The number of aromatic nitrogens is 1. The molecular weight excluding hydrogens is 455 g/mol. The van der Waals surface area contributed by atoms with Gasteiger partial charge in [0.15, 0.2) is 5.58 Å². The number of carbonyl (C=O) groups excluding carboxylic acids is 1. The second kappa shape index (κ2) is 9.09. The number of nitrogens with zero attached hydrogens (tertiary/aromatic N) is 2. The Hall–Kier alpha value is -3.81. The van der Waals surface area contributed by atoms with Crippen LogP contribution in [0.1, 0.15) is 42.8 Å². The second-order valence-electron chi connectivity index (χ2n) is 8.61. The van der Waals surface area contributed by atoms with Crippen molar-refractivity contribution in [1.29, 1.82) is 0 Å². The minimum Gasteiger partial charge on any atom is -0.438 e. The van der Waals surface area contributed by atoms with E-state index in [2.05, 4.69) is 17.2 Å². The molecule has 4 aromatic rings. The van der Waals surface area contributed by atoms with Crippen LogP contribution in [0.15, 0.2) is 71.1 Å². The number of aryl methyl sites for hydroxylation is 1. The number of alkyl halides is 3. The number of hydrogen-bond donors (Lipinski definition) is 1. The van der Waals surface area contributed by atoms with Gasteiger partial charge in [-0.05, 0) is 66.3 Å². The average molecular weight is 480 g/mol. The highest BCUT2D eigenvalue weighted by atomic mass is 19.4. The monoisotopic (exact) mass is 479 g/mol. The van der Waals surface area contributed by atoms with Crippen LogP contribution in [0.5, 0.6) is 0 Å². The van der Waals surface area contributed by atoms with Gasteiger partial charge in [-0.2, -0.15) is 13.2 Å². The van der Waals surface area contributed by atoms with Crippen LogP contribution in [0.25, 0.3) is 22.2 Å². The predicted octanol–water partition coefficient (Wildman–Crippen LogP) is 7.45. The molecule has 5 nitrogen and oxygen atoms in total. The third kappa shape index (κ3) is 4.60. The standard InChI is InChI=1S/C27H24F3N3O2/c1-2-17-9-12-19(13-10-17)31-26(34)33-15-5-8-23(33)25-32-22-16-18(11-14-24(22)35-25)20-6-3-4-7-21(20)27(28,29)30/h3-4,6-7,9-14,16,23H,2,5,8,15H2,1H3,(H,31,34)/t23-/m0/s1. The van der Waals surface area contributed by atoms with Gasteiger partial charge in [0.05, 0.1) is 5.56 Å². The van der Waals surface area contributed by atoms with Gasteiger partial charge in [0.1, 0.15) is 11.6 Å². The summed E-state index contributed by atoms with van der Waals surface area (Å²) in [6, 6.07) is 17.4. The summed E-state index contributed by atoms with van der Waals surface area (Å²) in [5.74, 6) is 0.384. The maximum atomic E-state index is 13.5. The SMILES string of the molecule is CCc1ccc(NC(=O)N2CCC[C@H]2c2nc3cc(-c4ccccc4C(F)(F)F)ccc3o2)cc1. The number of hydrogen-bond acceptors (Lipinski definition) is 3.